The Balaban J connectivity index is 1.89. The van der Waals surface area contributed by atoms with Crippen LogP contribution in [-0.2, 0) is 11.2 Å². The average molecular weight is 308 g/mol. The molecule has 116 valence electrons. The van der Waals surface area contributed by atoms with Crippen LogP contribution in [0.5, 0.6) is 5.75 Å². The molecule has 0 amide bonds. The number of aromatic hydroxyl groups is 1. The Kier molecular flexibility index (Phi) is 3.09. The van der Waals surface area contributed by atoms with Crippen LogP contribution in [0.1, 0.15) is 22.9 Å². The number of H-pyrrole nitrogens is 1. The summed E-state index contributed by atoms with van der Waals surface area (Å²) in [5.74, 6) is -0.859. The van der Waals surface area contributed by atoms with Crippen LogP contribution in [-0.4, -0.2) is 22.1 Å². The molecule has 2 aromatic carbocycles. The summed E-state index contributed by atoms with van der Waals surface area (Å²) in [4.78, 5) is 14.9. The molecule has 0 saturated carbocycles. The number of nitrogens with two attached hydrogens (primary N) is 1. The molecule has 2 heterocycles. The monoisotopic (exact) mass is 308 g/mol. The zero-order valence-electron chi connectivity index (χ0n) is 12.3. The molecule has 5 heteroatoms. The van der Waals surface area contributed by atoms with Gasteiger partial charge in [0.2, 0.25) is 0 Å². The molecule has 0 fully saturated rings. The van der Waals surface area contributed by atoms with Crippen molar-refractivity contribution < 1.29 is 20.3 Å². The summed E-state index contributed by atoms with van der Waals surface area (Å²) in [6, 6.07) is 14.0. The lowest BCUT2D eigenvalue weighted by Crippen LogP contribution is -2.95. The van der Waals surface area contributed by atoms with Crippen molar-refractivity contribution in [3.63, 3.8) is 0 Å². The molecule has 0 unspecified atom stereocenters. The first-order chi connectivity index (χ1) is 11.1. The van der Waals surface area contributed by atoms with Crippen molar-refractivity contribution in [1.82, 2.24) is 4.98 Å². The second-order valence-electron chi connectivity index (χ2n) is 5.95. The van der Waals surface area contributed by atoms with Crippen molar-refractivity contribution >= 4 is 16.9 Å². The number of carbonyl (C=O) groups excluding carboxylic acids is 1. The third-order valence-electron chi connectivity index (χ3n) is 4.56. The first kappa shape index (κ1) is 13.8. The number of aliphatic carboxylic acids is 1. The molecule has 0 saturated heterocycles. The predicted octanol–water partition coefficient (Wildman–Crippen LogP) is 0.201. The van der Waals surface area contributed by atoms with Crippen LogP contribution in [0.15, 0.2) is 48.5 Å². The number of rotatable bonds is 2. The first-order valence-electron chi connectivity index (χ1n) is 7.58. The molecule has 23 heavy (non-hydrogen) atoms. The number of carboxylic acid groups (broad SMARTS) is 1. The van der Waals surface area contributed by atoms with Gasteiger partial charge in [-0.05, 0) is 35.9 Å². The van der Waals surface area contributed by atoms with E-state index in [9.17, 15) is 15.0 Å². The lowest BCUT2D eigenvalue weighted by atomic mass is 9.90. The van der Waals surface area contributed by atoms with E-state index in [4.69, 9.17) is 0 Å². The van der Waals surface area contributed by atoms with Gasteiger partial charge in [-0.2, -0.15) is 0 Å². The minimum Gasteiger partial charge on any atom is -0.544 e. The molecule has 2 atom stereocenters. The van der Waals surface area contributed by atoms with Crippen LogP contribution in [0, 0.1) is 0 Å². The van der Waals surface area contributed by atoms with Gasteiger partial charge in [0, 0.05) is 22.9 Å². The van der Waals surface area contributed by atoms with Gasteiger partial charge in [0.1, 0.15) is 11.8 Å². The Morgan fingerprint density at radius 2 is 1.91 bits per heavy atom. The highest BCUT2D eigenvalue weighted by atomic mass is 16.4. The lowest BCUT2D eigenvalue weighted by Gasteiger charge is -2.28. The molecule has 0 bridgehead atoms. The smallest absolute Gasteiger partial charge is 0.153 e. The van der Waals surface area contributed by atoms with E-state index in [1.54, 1.807) is 12.1 Å². The van der Waals surface area contributed by atoms with Gasteiger partial charge in [0.05, 0.1) is 11.7 Å². The number of aromatic amines is 1. The topological polar surface area (TPSA) is 92.8 Å². The molecule has 1 aromatic heterocycles. The zero-order chi connectivity index (χ0) is 16.0. The average Bonchev–Trinajstić information content (AvgIpc) is 2.93. The number of phenols is 1. The molecule has 0 spiro atoms. The maximum atomic E-state index is 11.5. The van der Waals surface area contributed by atoms with E-state index in [0.717, 1.165) is 27.7 Å². The number of aromatic nitrogens is 1. The van der Waals surface area contributed by atoms with E-state index < -0.39 is 12.0 Å². The van der Waals surface area contributed by atoms with E-state index >= 15 is 0 Å². The number of nitrogens with one attached hydrogen (secondary N) is 1. The molecular formula is C18H16N2O3. The summed E-state index contributed by atoms with van der Waals surface area (Å²) < 4.78 is 0. The summed E-state index contributed by atoms with van der Waals surface area (Å²) in [6.45, 7) is 0. The van der Waals surface area contributed by atoms with Gasteiger partial charge in [-0.25, -0.2) is 0 Å². The van der Waals surface area contributed by atoms with Gasteiger partial charge >= 0.3 is 0 Å². The van der Waals surface area contributed by atoms with Crippen molar-refractivity contribution in [3.05, 3.63) is 65.4 Å². The van der Waals surface area contributed by atoms with Crippen LogP contribution >= 0.6 is 0 Å². The third-order valence-corrected chi connectivity index (χ3v) is 4.56. The Hall–Kier alpha value is -2.79. The lowest BCUT2D eigenvalue weighted by molar-refractivity contribution is -0.717. The number of fused-ring (bicyclic) bond motifs is 3. The number of benzene rings is 2. The second-order valence-corrected chi connectivity index (χ2v) is 5.95. The standard InChI is InChI=1S/C18H16N2O3/c21-11-7-5-10(6-8-11)16-17-13(9-15(20-16)18(22)23)12-3-1-2-4-14(12)19-17/h1-8,15-16,19-21H,9H2,(H,22,23)/t15-,16-/m0/s1. The normalized spacial score (nSPS) is 20.3. The fourth-order valence-corrected chi connectivity index (χ4v) is 3.44. The van der Waals surface area contributed by atoms with E-state index in [-0.39, 0.29) is 11.8 Å². The van der Waals surface area contributed by atoms with Gasteiger partial charge in [-0.1, -0.05) is 18.2 Å². The van der Waals surface area contributed by atoms with Gasteiger partial charge in [0.25, 0.3) is 0 Å². The SMILES string of the molecule is O=C([O-])[C@@H]1Cc2c([nH]c3ccccc23)[C@H](c2ccc(O)cc2)[NH2+]1. The highest BCUT2D eigenvalue weighted by Gasteiger charge is 2.34. The minimum atomic E-state index is -1.05. The van der Waals surface area contributed by atoms with Crippen LogP contribution < -0.4 is 10.4 Å². The van der Waals surface area contributed by atoms with E-state index in [1.165, 1.54) is 0 Å². The Bertz CT molecular complexity index is 883. The molecule has 1 aliphatic rings. The van der Waals surface area contributed by atoms with E-state index in [2.05, 4.69) is 4.98 Å². The fourth-order valence-electron chi connectivity index (χ4n) is 3.44. The maximum absolute atomic E-state index is 11.5. The highest BCUT2D eigenvalue weighted by molar-refractivity contribution is 5.86. The van der Waals surface area contributed by atoms with Crippen LogP contribution in [0.4, 0.5) is 0 Å². The fraction of sp³-hybridized carbons (Fsp3) is 0.167. The minimum absolute atomic E-state index is 0.158. The Morgan fingerprint density at radius 3 is 2.65 bits per heavy atom. The maximum Gasteiger partial charge on any atom is 0.153 e. The summed E-state index contributed by atoms with van der Waals surface area (Å²) in [5, 5.41) is 23.8. The number of carboxylic acids is 1. The number of hydrogen-bond acceptors (Lipinski definition) is 3. The van der Waals surface area contributed by atoms with E-state index in [1.807, 2.05) is 41.7 Å². The largest absolute Gasteiger partial charge is 0.544 e. The van der Waals surface area contributed by atoms with Gasteiger partial charge < -0.3 is 25.3 Å². The second kappa shape index (κ2) is 5.14. The van der Waals surface area contributed by atoms with E-state index in [0.29, 0.717) is 6.42 Å². The van der Waals surface area contributed by atoms with Gasteiger partial charge in [-0.15, -0.1) is 0 Å². The first-order valence-corrected chi connectivity index (χ1v) is 7.58. The van der Waals surface area contributed by atoms with Crippen LogP contribution in [0.3, 0.4) is 0 Å². The van der Waals surface area contributed by atoms with Crippen molar-refractivity contribution in [2.75, 3.05) is 0 Å². The van der Waals surface area contributed by atoms with Gasteiger partial charge in [0.15, 0.2) is 6.04 Å². The Labute approximate surface area is 132 Å². The molecule has 1 aliphatic heterocycles. The van der Waals surface area contributed by atoms with Crippen molar-refractivity contribution in [2.45, 2.75) is 18.5 Å². The summed E-state index contributed by atoms with van der Waals surface area (Å²) in [7, 11) is 0. The Morgan fingerprint density at radius 1 is 1.17 bits per heavy atom. The molecule has 4 rings (SSSR count). The number of para-hydroxylation sites is 1. The number of carbonyl (C=O) groups is 1. The summed E-state index contributed by atoms with van der Waals surface area (Å²) >= 11 is 0. The summed E-state index contributed by atoms with van der Waals surface area (Å²) in [5.41, 5.74) is 4.01. The van der Waals surface area contributed by atoms with Crippen molar-refractivity contribution in [3.8, 4) is 5.75 Å². The third kappa shape index (κ3) is 2.26. The molecule has 0 radical (unpaired) electrons. The van der Waals surface area contributed by atoms with Crippen LogP contribution in [0.2, 0.25) is 0 Å². The molecular weight excluding hydrogens is 292 g/mol. The molecule has 3 aromatic rings. The van der Waals surface area contributed by atoms with Crippen molar-refractivity contribution in [1.29, 1.82) is 0 Å². The molecule has 4 N–H and O–H groups in total. The quantitative estimate of drug-likeness (QED) is 0.631. The molecule has 5 nitrogen and oxygen atoms in total. The number of hydrogen-bond donors (Lipinski definition) is 3. The zero-order valence-corrected chi connectivity index (χ0v) is 12.3. The predicted molar refractivity (Wildman–Crippen MR) is 82.7 cm³/mol. The summed E-state index contributed by atoms with van der Waals surface area (Å²) in [6.07, 6.45) is 0.441. The van der Waals surface area contributed by atoms with Crippen molar-refractivity contribution in [2.24, 2.45) is 0 Å². The number of phenolic OH excluding ortho intramolecular Hbond substituents is 1. The van der Waals surface area contributed by atoms with Gasteiger partial charge in [-0.3, -0.25) is 0 Å². The van der Waals surface area contributed by atoms with Crippen LogP contribution in [0.25, 0.3) is 10.9 Å². The highest BCUT2D eigenvalue weighted by Crippen LogP contribution is 2.32. The molecule has 0 aliphatic carbocycles. The number of quaternary nitrogens is 1.